The average molecular weight is 390 g/mol. The molecule has 1 aromatic carbocycles. The van der Waals surface area contributed by atoms with Gasteiger partial charge in [-0.15, -0.1) is 0 Å². The van der Waals surface area contributed by atoms with Gasteiger partial charge in [0.25, 0.3) is 5.91 Å². The molecule has 1 fully saturated rings. The van der Waals surface area contributed by atoms with Crippen molar-refractivity contribution in [2.24, 2.45) is 5.92 Å². The van der Waals surface area contributed by atoms with Crippen molar-refractivity contribution in [2.45, 2.75) is 19.8 Å². The van der Waals surface area contributed by atoms with E-state index in [1.165, 1.54) is 6.42 Å². The lowest BCUT2D eigenvalue weighted by Gasteiger charge is -2.30. The average Bonchev–Trinajstić information content (AvgIpc) is 2.69. The Balaban J connectivity index is 1.75. The highest BCUT2D eigenvalue weighted by Gasteiger charge is 2.22. The molecule has 1 saturated heterocycles. The fraction of sp³-hybridized carbons (Fsp3) is 0.400. The minimum absolute atomic E-state index is 0.0337. The summed E-state index contributed by atoms with van der Waals surface area (Å²) in [5, 5.41) is 3.64. The number of aromatic nitrogens is 1. The number of halogens is 1. The molecule has 6 nitrogen and oxygen atoms in total. The fourth-order valence-electron chi connectivity index (χ4n) is 3.25. The number of rotatable bonds is 5. The quantitative estimate of drug-likeness (QED) is 0.822. The van der Waals surface area contributed by atoms with Gasteiger partial charge in [0.05, 0.1) is 30.5 Å². The summed E-state index contributed by atoms with van der Waals surface area (Å²) in [6, 6.07) is 6.99. The van der Waals surface area contributed by atoms with E-state index < -0.39 is 0 Å². The Labute approximate surface area is 164 Å². The molecule has 1 aromatic heterocycles. The number of anilines is 2. The molecule has 144 valence electrons. The van der Waals surface area contributed by atoms with Crippen LogP contribution in [0.1, 0.15) is 30.1 Å². The highest BCUT2D eigenvalue weighted by Crippen LogP contribution is 2.37. The van der Waals surface area contributed by atoms with Crippen LogP contribution < -0.4 is 14.8 Å². The molecule has 0 radical (unpaired) electrons. The zero-order valence-electron chi connectivity index (χ0n) is 15.8. The van der Waals surface area contributed by atoms with Crippen LogP contribution in [-0.4, -0.2) is 43.1 Å². The maximum absolute atomic E-state index is 12.7. The lowest BCUT2D eigenvalue weighted by Crippen LogP contribution is -2.39. The van der Waals surface area contributed by atoms with Gasteiger partial charge in [-0.2, -0.15) is 0 Å². The van der Waals surface area contributed by atoms with E-state index in [0.717, 1.165) is 19.5 Å². The Hall–Kier alpha value is -2.47. The number of hydrogen-bond acceptors (Lipinski definition) is 5. The van der Waals surface area contributed by atoms with Gasteiger partial charge in [-0.3, -0.25) is 4.79 Å². The predicted octanol–water partition coefficient (Wildman–Crippen LogP) is 4.37. The van der Waals surface area contributed by atoms with Crippen LogP contribution in [0, 0.1) is 5.92 Å². The first-order valence-electron chi connectivity index (χ1n) is 8.95. The summed E-state index contributed by atoms with van der Waals surface area (Å²) in [6.45, 7) is 3.80. The molecule has 0 spiro atoms. The zero-order valence-corrected chi connectivity index (χ0v) is 16.5. The molecule has 2 aromatic rings. The second-order valence-electron chi connectivity index (χ2n) is 6.74. The zero-order chi connectivity index (χ0) is 19.4. The number of ether oxygens (including phenoxy) is 2. The Bertz CT molecular complexity index is 811. The van der Waals surface area contributed by atoms with E-state index in [9.17, 15) is 4.79 Å². The van der Waals surface area contributed by atoms with Gasteiger partial charge in [0.1, 0.15) is 17.3 Å². The van der Waals surface area contributed by atoms with Crippen molar-refractivity contribution >= 4 is 29.0 Å². The van der Waals surface area contributed by atoms with Crippen molar-refractivity contribution in [3.8, 4) is 11.5 Å². The van der Waals surface area contributed by atoms with Crippen molar-refractivity contribution in [1.82, 2.24) is 9.88 Å². The first kappa shape index (κ1) is 19.3. The van der Waals surface area contributed by atoms with Gasteiger partial charge >= 0.3 is 0 Å². The monoisotopic (exact) mass is 389 g/mol. The minimum Gasteiger partial charge on any atom is -0.495 e. The van der Waals surface area contributed by atoms with E-state index in [1.54, 1.807) is 44.7 Å². The third-order valence-corrected chi connectivity index (χ3v) is 4.99. The number of pyridine rings is 1. The normalized spacial score (nSPS) is 16.7. The van der Waals surface area contributed by atoms with E-state index in [-0.39, 0.29) is 5.91 Å². The smallest absolute Gasteiger partial charge is 0.255 e. The molecule has 2 heterocycles. The molecule has 1 aliphatic heterocycles. The summed E-state index contributed by atoms with van der Waals surface area (Å²) < 4.78 is 10.6. The molecule has 1 N–H and O–H groups in total. The fourth-order valence-corrected chi connectivity index (χ4v) is 3.48. The Kier molecular flexibility index (Phi) is 6.06. The molecule has 1 atom stereocenters. The third kappa shape index (κ3) is 4.45. The van der Waals surface area contributed by atoms with Crippen LogP contribution >= 0.6 is 11.6 Å². The molecular weight excluding hydrogens is 366 g/mol. The van der Waals surface area contributed by atoms with Gasteiger partial charge in [0, 0.05) is 31.4 Å². The van der Waals surface area contributed by atoms with Crippen molar-refractivity contribution in [2.75, 3.05) is 32.6 Å². The molecule has 1 aliphatic rings. The van der Waals surface area contributed by atoms with Crippen molar-refractivity contribution < 1.29 is 14.3 Å². The number of methoxy groups -OCH3 is 2. The standard InChI is InChI=1S/C20H24ClN3O3/c1-13-5-4-8-24(12-13)20(25)14-6-7-19(22-11-14)23-16-10-17(26-2)15(21)9-18(16)27-3/h6-7,9-11,13H,4-5,8,12H2,1-3H3,(H,22,23). The minimum atomic E-state index is 0.0337. The lowest BCUT2D eigenvalue weighted by atomic mass is 10.00. The maximum atomic E-state index is 12.7. The van der Waals surface area contributed by atoms with Gasteiger partial charge in [0.15, 0.2) is 0 Å². The number of hydrogen-bond donors (Lipinski definition) is 1. The van der Waals surface area contributed by atoms with Crippen LogP contribution in [0.4, 0.5) is 11.5 Å². The van der Waals surface area contributed by atoms with E-state index in [1.807, 2.05) is 4.90 Å². The second kappa shape index (κ2) is 8.48. The van der Waals surface area contributed by atoms with E-state index in [4.69, 9.17) is 21.1 Å². The molecular formula is C20H24ClN3O3. The molecule has 27 heavy (non-hydrogen) atoms. The van der Waals surface area contributed by atoms with Gasteiger partial charge < -0.3 is 19.7 Å². The van der Waals surface area contributed by atoms with E-state index >= 15 is 0 Å². The summed E-state index contributed by atoms with van der Waals surface area (Å²) in [7, 11) is 3.12. The van der Waals surface area contributed by atoms with Crippen molar-refractivity contribution in [3.63, 3.8) is 0 Å². The van der Waals surface area contributed by atoms with Gasteiger partial charge in [0.2, 0.25) is 0 Å². The molecule has 0 bridgehead atoms. The number of likely N-dealkylation sites (tertiary alicyclic amines) is 1. The third-order valence-electron chi connectivity index (χ3n) is 4.69. The van der Waals surface area contributed by atoms with Gasteiger partial charge in [-0.1, -0.05) is 18.5 Å². The summed E-state index contributed by atoms with van der Waals surface area (Å²) in [6.07, 6.45) is 3.83. The van der Waals surface area contributed by atoms with Crippen LogP contribution in [0.15, 0.2) is 30.5 Å². The summed E-state index contributed by atoms with van der Waals surface area (Å²) in [5.74, 6) is 2.28. The van der Waals surface area contributed by atoms with Crippen molar-refractivity contribution in [1.29, 1.82) is 0 Å². The van der Waals surface area contributed by atoms with Crippen LogP contribution in [0.25, 0.3) is 0 Å². The number of amides is 1. The van der Waals surface area contributed by atoms with Crippen molar-refractivity contribution in [3.05, 3.63) is 41.0 Å². The van der Waals surface area contributed by atoms with Gasteiger partial charge in [-0.25, -0.2) is 4.98 Å². The topological polar surface area (TPSA) is 63.7 Å². The molecule has 1 unspecified atom stereocenters. The number of carbonyl (C=O) groups excluding carboxylic acids is 1. The maximum Gasteiger partial charge on any atom is 0.255 e. The molecule has 7 heteroatoms. The first-order chi connectivity index (χ1) is 13.0. The number of carbonyl (C=O) groups is 1. The molecule has 0 aliphatic carbocycles. The van der Waals surface area contributed by atoms with Gasteiger partial charge in [-0.05, 0) is 30.9 Å². The summed E-state index contributed by atoms with van der Waals surface area (Å²) in [5.41, 5.74) is 1.27. The number of piperidine rings is 1. The highest BCUT2D eigenvalue weighted by atomic mass is 35.5. The van der Waals surface area contributed by atoms with Crippen LogP contribution in [0.5, 0.6) is 11.5 Å². The Morgan fingerprint density at radius 1 is 1.26 bits per heavy atom. The SMILES string of the molecule is COc1cc(Nc2ccc(C(=O)N3CCCC(C)C3)cn2)c(OC)cc1Cl. The highest BCUT2D eigenvalue weighted by molar-refractivity contribution is 6.32. The molecule has 1 amide bonds. The number of nitrogens with one attached hydrogen (secondary N) is 1. The lowest BCUT2D eigenvalue weighted by molar-refractivity contribution is 0.0682. The Morgan fingerprint density at radius 3 is 2.67 bits per heavy atom. The Morgan fingerprint density at radius 2 is 2.04 bits per heavy atom. The number of nitrogens with zero attached hydrogens (tertiary/aromatic N) is 2. The molecule has 0 saturated carbocycles. The van der Waals surface area contributed by atoms with E-state index in [2.05, 4.69) is 17.2 Å². The van der Waals surface area contributed by atoms with Crippen LogP contribution in [-0.2, 0) is 0 Å². The summed E-state index contributed by atoms with van der Waals surface area (Å²) >= 11 is 6.13. The largest absolute Gasteiger partial charge is 0.495 e. The van der Waals surface area contributed by atoms with Crippen LogP contribution in [0.2, 0.25) is 5.02 Å². The van der Waals surface area contributed by atoms with E-state index in [0.29, 0.717) is 39.5 Å². The molecule has 3 rings (SSSR count). The summed E-state index contributed by atoms with van der Waals surface area (Å²) in [4.78, 5) is 18.9. The first-order valence-corrected chi connectivity index (χ1v) is 9.33. The predicted molar refractivity (Wildman–Crippen MR) is 106 cm³/mol. The van der Waals surface area contributed by atoms with Crippen LogP contribution in [0.3, 0.4) is 0 Å². The second-order valence-corrected chi connectivity index (χ2v) is 7.15. The number of benzene rings is 1.